The highest BCUT2D eigenvalue weighted by Crippen LogP contribution is 2.58. The zero-order valence-electron chi connectivity index (χ0n) is 5.85. The van der Waals surface area contributed by atoms with E-state index >= 15 is 0 Å². The largest absolute Gasteiger partial charge is 0.403 e. The fourth-order valence-corrected chi connectivity index (χ4v) is 1.09. The van der Waals surface area contributed by atoms with E-state index in [1.54, 1.807) is 0 Å². The van der Waals surface area contributed by atoms with E-state index in [-0.39, 0.29) is 18.7 Å². The van der Waals surface area contributed by atoms with E-state index in [1.165, 1.54) is 0 Å². The van der Waals surface area contributed by atoms with Crippen LogP contribution in [0.15, 0.2) is 4.52 Å². The Kier molecular flexibility index (Phi) is 1.26. The first kappa shape index (κ1) is 7.57. The van der Waals surface area contributed by atoms with Gasteiger partial charge in [0.15, 0.2) is 0 Å². The molecule has 2 rings (SSSR count). The molecule has 0 unspecified atom stereocenters. The SMILES string of the molecule is FC(F)(F)C1(c2n[c]no2)CC1. The number of nitrogens with zero attached hydrogens (tertiary/aromatic N) is 2. The first-order chi connectivity index (χ1) is 5.56. The van der Waals surface area contributed by atoms with Crippen molar-refractivity contribution >= 4 is 0 Å². The van der Waals surface area contributed by atoms with Crippen LogP contribution in [0.3, 0.4) is 0 Å². The highest BCUT2D eigenvalue weighted by Gasteiger charge is 2.68. The summed E-state index contributed by atoms with van der Waals surface area (Å²) in [6.45, 7) is 0. The molecule has 1 aromatic heterocycles. The Balaban J connectivity index is 2.35. The standard InChI is InChI=1S/C6H4F3N2O/c7-6(8,9)5(1-2-5)4-10-3-11-12-4/h1-2H2. The Morgan fingerprint density at radius 3 is 2.42 bits per heavy atom. The lowest BCUT2D eigenvalue weighted by molar-refractivity contribution is -0.166. The predicted molar refractivity (Wildman–Crippen MR) is 30.1 cm³/mol. The molecule has 0 N–H and O–H groups in total. The van der Waals surface area contributed by atoms with Crippen molar-refractivity contribution in [3.63, 3.8) is 0 Å². The molecule has 6 heteroatoms. The first-order valence-electron chi connectivity index (χ1n) is 3.33. The number of hydrogen-bond acceptors (Lipinski definition) is 3. The molecule has 1 aliphatic rings. The lowest BCUT2D eigenvalue weighted by Crippen LogP contribution is -2.28. The molecule has 0 bridgehead atoms. The molecule has 1 heterocycles. The predicted octanol–water partition coefficient (Wildman–Crippen LogP) is 1.46. The van der Waals surface area contributed by atoms with Gasteiger partial charge in [0.05, 0.1) is 0 Å². The van der Waals surface area contributed by atoms with E-state index in [2.05, 4.69) is 14.7 Å². The number of hydrogen-bond donors (Lipinski definition) is 0. The number of halogens is 3. The molecule has 0 atom stereocenters. The van der Waals surface area contributed by atoms with Crippen molar-refractivity contribution in [2.24, 2.45) is 0 Å². The second kappa shape index (κ2) is 1.99. The van der Waals surface area contributed by atoms with Crippen LogP contribution in [0, 0.1) is 6.33 Å². The third-order valence-corrected chi connectivity index (χ3v) is 2.03. The van der Waals surface area contributed by atoms with Gasteiger partial charge in [-0.25, -0.2) is 0 Å². The van der Waals surface area contributed by atoms with Gasteiger partial charge in [0.25, 0.3) is 0 Å². The van der Waals surface area contributed by atoms with E-state index in [4.69, 9.17) is 0 Å². The van der Waals surface area contributed by atoms with Gasteiger partial charge in [-0.1, -0.05) is 5.16 Å². The van der Waals surface area contributed by atoms with Gasteiger partial charge in [-0.05, 0) is 12.8 Å². The fraction of sp³-hybridized carbons (Fsp3) is 0.667. The molecule has 0 spiro atoms. The Labute approximate surface area is 65.6 Å². The summed E-state index contributed by atoms with van der Waals surface area (Å²) >= 11 is 0. The number of rotatable bonds is 1. The van der Waals surface area contributed by atoms with Crippen LogP contribution in [0.1, 0.15) is 18.7 Å². The maximum atomic E-state index is 12.3. The molecule has 1 saturated carbocycles. The smallest absolute Gasteiger partial charge is 0.338 e. The van der Waals surface area contributed by atoms with Crippen molar-refractivity contribution in [3.05, 3.63) is 12.2 Å². The van der Waals surface area contributed by atoms with Crippen LogP contribution in [0.2, 0.25) is 0 Å². The molecule has 0 amide bonds. The molecule has 12 heavy (non-hydrogen) atoms. The fourth-order valence-electron chi connectivity index (χ4n) is 1.09. The molecule has 1 fully saturated rings. The zero-order chi connectivity index (χ0) is 8.82. The summed E-state index contributed by atoms with van der Waals surface area (Å²) < 4.78 is 41.3. The normalized spacial score (nSPS) is 20.9. The van der Waals surface area contributed by atoms with Crippen LogP contribution in [0.4, 0.5) is 13.2 Å². The maximum Gasteiger partial charge on any atom is 0.403 e. The molecule has 0 saturated heterocycles. The average Bonchev–Trinajstić information content (AvgIpc) is 2.61. The van der Waals surface area contributed by atoms with Gasteiger partial charge in [-0.15, -0.1) is 0 Å². The Bertz CT molecular complexity index is 275. The van der Waals surface area contributed by atoms with Crippen molar-refractivity contribution in [2.45, 2.75) is 24.4 Å². The summed E-state index contributed by atoms with van der Waals surface area (Å²) in [6.07, 6.45) is -2.23. The van der Waals surface area contributed by atoms with Crippen molar-refractivity contribution < 1.29 is 17.7 Å². The van der Waals surface area contributed by atoms with Gasteiger partial charge in [0.2, 0.25) is 12.2 Å². The minimum absolute atomic E-state index is 0.0343. The lowest BCUT2D eigenvalue weighted by Gasteiger charge is -2.13. The molecular formula is C6H4F3N2O. The van der Waals surface area contributed by atoms with Gasteiger partial charge in [0.1, 0.15) is 5.41 Å². The second-order valence-corrected chi connectivity index (χ2v) is 2.78. The van der Waals surface area contributed by atoms with Crippen LogP contribution in [0.5, 0.6) is 0 Å². The summed E-state index contributed by atoms with van der Waals surface area (Å²) in [5, 5.41) is 3.03. The first-order valence-corrected chi connectivity index (χ1v) is 3.33. The van der Waals surface area contributed by atoms with Crippen LogP contribution >= 0.6 is 0 Å². The van der Waals surface area contributed by atoms with Gasteiger partial charge in [0, 0.05) is 0 Å². The Morgan fingerprint density at radius 2 is 2.08 bits per heavy atom. The maximum absolute atomic E-state index is 12.3. The molecule has 1 aliphatic carbocycles. The summed E-state index contributed by atoms with van der Waals surface area (Å²) in [5.74, 6) is -0.366. The monoisotopic (exact) mass is 177 g/mol. The van der Waals surface area contributed by atoms with Crippen LogP contribution in [-0.2, 0) is 5.41 Å². The highest BCUT2D eigenvalue weighted by atomic mass is 19.4. The molecule has 65 valence electrons. The van der Waals surface area contributed by atoms with Crippen molar-refractivity contribution in [1.29, 1.82) is 0 Å². The van der Waals surface area contributed by atoms with E-state index in [0.717, 1.165) is 0 Å². The van der Waals surface area contributed by atoms with Crippen molar-refractivity contribution in [1.82, 2.24) is 10.1 Å². The highest BCUT2D eigenvalue weighted by molar-refractivity contribution is 5.18. The number of aromatic nitrogens is 2. The average molecular weight is 177 g/mol. The van der Waals surface area contributed by atoms with Gasteiger partial charge in [-0.2, -0.15) is 18.2 Å². The van der Waals surface area contributed by atoms with Crippen molar-refractivity contribution in [2.75, 3.05) is 0 Å². The summed E-state index contributed by atoms with van der Waals surface area (Å²) in [6, 6.07) is 0. The van der Waals surface area contributed by atoms with E-state index in [9.17, 15) is 13.2 Å². The van der Waals surface area contributed by atoms with Crippen molar-refractivity contribution in [3.8, 4) is 0 Å². The zero-order valence-corrected chi connectivity index (χ0v) is 5.85. The van der Waals surface area contributed by atoms with E-state index in [0.29, 0.717) is 0 Å². The van der Waals surface area contributed by atoms with Gasteiger partial charge >= 0.3 is 6.18 Å². The summed E-state index contributed by atoms with van der Waals surface area (Å²) in [7, 11) is 0. The third-order valence-electron chi connectivity index (χ3n) is 2.03. The molecule has 0 aromatic carbocycles. The van der Waals surface area contributed by atoms with E-state index in [1.807, 2.05) is 6.33 Å². The molecule has 1 radical (unpaired) electrons. The minimum atomic E-state index is -4.28. The minimum Gasteiger partial charge on any atom is -0.338 e. The summed E-state index contributed by atoms with van der Waals surface area (Å²) in [5.41, 5.74) is -1.86. The van der Waals surface area contributed by atoms with Gasteiger partial charge in [-0.3, -0.25) is 0 Å². The van der Waals surface area contributed by atoms with Crippen LogP contribution in [0.25, 0.3) is 0 Å². The third kappa shape index (κ3) is 0.835. The lowest BCUT2D eigenvalue weighted by atomic mass is 10.1. The quantitative estimate of drug-likeness (QED) is 0.651. The number of alkyl halides is 3. The Morgan fingerprint density at radius 1 is 1.42 bits per heavy atom. The van der Waals surface area contributed by atoms with E-state index < -0.39 is 11.6 Å². The molecule has 3 nitrogen and oxygen atoms in total. The molecule has 0 aliphatic heterocycles. The Hall–Kier alpha value is -1.07. The second-order valence-electron chi connectivity index (χ2n) is 2.78. The summed E-state index contributed by atoms with van der Waals surface area (Å²) in [4.78, 5) is 3.29. The molecular weight excluding hydrogens is 173 g/mol. The van der Waals surface area contributed by atoms with Crippen LogP contribution in [-0.4, -0.2) is 16.3 Å². The van der Waals surface area contributed by atoms with Crippen LogP contribution < -0.4 is 0 Å². The topological polar surface area (TPSA) is 38.9 Å². The van der Waals surface area contributed by atoms with Gasteiger partial charge < -0.3 is 4.52 Å². The molecule has 1 aromatic rings.